The van der Waals surface area contributed by atoms with Crippen LogP contribution in [0.15, 0.2) is 42.7 Å². The number of nitrogens with one attached hydrogen (secondary N) is 1. The van der Waals surface area contributed by atoms with Crippen molar-refractivity contribution in [1.29, 1.82) is 0 Å². The normalized spacial score (nSPS) is 16.9. The largest absolute Gasteiger partial charge is 0.363 e. The first kappa shape index (κ1) is 25.0. The number of anilines is 1. The Bertz CT molecular complexity index is 1370. The van der Waals surface area contributed by atoms with Crippen molar-refractivity contribution in [3.8, 4) is 0 Å². The highest BCUT2D eigenvalue weighted by molar-refractivity contribution is 7.87. The van der Waals surface area contributed by atoms with Crippen LogP contribution in [0.25, 0.3) is 5.65 Å². The van der Waals surface area contributed by atoms with Crippen molar-refractivity contribution < 1.29 is 26.4 Å². The molecule has 0 radical (unpaired) electrons. The lowest BCUT2D eigenvalue weighted by molar-refractivity contribution is 0.0971. The van der Waals surface area contributed by atoms with Gasteiger partial charge in [0.1, 0.15) is 28.6 Å². The van der Waals surface area contributed by atoms with Crippen LogP contribution in [0, 0.1) is 11.6 Å². The fourth-order valence-electron chi connectivity index (χ4n) is 4.34. The lowest BCUT2D eigenvalue weighted by Crippen LogP contribution is -2.45. The molecule has 1 aliphatic rings. The van der Waals surface area contributed by atoms with E-state index in [2.05, 4.69) is 4.98 Å². The molecule has 12 heteroatoms. The van der Waals surface area contributed by atoms with Crippen LogP contribution < -0.4 is 9.62 Å². The first-order valence-corrected chi connectivity index (χ1v) is 12.5. The van der Waals surface area contributed by atoms with Crippen LogP contribution in [0.4, 0.5) is 18.9 Å². The molecule has 188 valence electrons. The fourth-order valence-corrected chi connectivity index (χ4v) is 5.31. The van der Waals surface area contributed by atoms with E-state index in [1.54, 1.807) is 18.3 Å². The highest BCUT2D eigenvalue weighted by atomic mass is 32.2. The van der Waals surface area contributed by atoms with E-state index in [0.29, 0.717) is 24.3 Å². The molecule has 35 heavy (non-hydrogen) atoms. The molecule has 1 atom stereocenters. The van der Waals surface area contributed by atoms with Crippen LogP contribution in [0.1, 0.15) is 48.8 Å². The topological polar surface area (TPSA) is 87.0 Å². The highest BCUT2D eigenvalue weighted by Gasteiger charge is 2.31. The second-order valence-electron chi connectivity index (χ2n) is 9.19. The third kappa shape index (κ3) is 5.27. The Balaban J connectivity index is 1.63. The number of halogens is 3. The van der Waals surface area contributed by atoms with Crippen molar-refractivity contribution in [2.75, 3.05) is 25.0 Å². The van der Waals surface area contributed by atoms with Crippen molar-refractivity contribution in [3.05, 3.63) is 65.6 Å². The highest BCUT2D eigenvalue weighted by Crippen LogP contribution is 2.37. The molecule has 0 saturated carbocycles. The molecular weight excluding hydrogens is 483 g/mol. The number of hydrogen-bond donors (Lipinski definition) is 1. The predicted octanol–water partition coefficient (Wildman–Crippen LogP) is 3.61. The van der Waals surface area contributed by atoms with E-state index in [1.165, 1.54) is 37.6 Å². The predicted molar refractivity (Wildman–Crippen MR) is 125 cm³/mol. The molecule has 0 spiro atoms. The quantitative estimate of drug-likeness (QED) is 0.526. The number of nitrogens with zero attached hydrogens (tertiary/aromatic N) is 4. The Morgan fingerprint density at radius 1 is 1.26 bits per heavy atom. The van der Waals surface area contributed by atoms with Crippen LogP contribution in [0.2, 0.25) is 0 Å². The summed E-state index contributed by atoms with van der Waals surface area (Å²) in [5, 5.41) is 0. The SMILES string of the molecule is CN(CC(C)(C)F)S(=O)(=O)NC(=O)c1cnc2ccc(N3CCCC3c3cc(F)ccc3F)cn12. The minimum Gasteiger partial charge on any atom is -0.363 e. The maximum absolute atomic E-state index is 14.5. The number of rotatable bonds is 7. The molecule has 0 aliphatic carbocycles. The molecule has 4 rings (SSSR count). The summed E-state index contributed by atoms with van der Waals surface area (Å²) in [6.07, 6.45) is 4.21. The van der Waals surface area contributed by atoms with Crippen LogP contribution in [-0.4, -0.2) is 53.8 Å². The van der Waals surface area contributed by atoms with Gasteiger partial charge < -0.3 is 4.90 Å². The molecule has 2 aromatic heterocycles. The summed E-state index contributed by atoms with van der Waals surface area (Å²) in [5.41, 5.74) is -0.572. The maximum Gasteiger partial charge on any atom is 0.303 e. The van der Waals surface area contributed by atoms with Crippen molar-refractivity contribution in [2.45, 2.75) is 38.4 Å². The molecule has 1 unspecified atom stereocenters. The molecule has 1 aliphatic heterocycles. The summed E-state index contributed by atoms with van der Waals surface area (Å²) in [6.45, 7) is 2.60. The smallest absolute Gasteiger partial charge is 0.303 e. The van der Waals surface area contributed by atoms with Gasteiger partial charge in [0.15, 0.2) is 0 Å². The zero-order chi connectivity index (χ0) is 25.5. The molecule has 3 aromatic rings. The van der Waals surface area contributed by atoms with Gasteiger partial charge in [-0.1, -0.05) is 0 Å². The first-order chi connectivity index (χ1) is 16.4. The van der Waals surface area contributed by atoms with Gasteiger partial charge in [0, 0.05) is 31.9 Å². The van der Waals surface area contributed by atoms with Gasteiger partial charge in [0.05, 0.1) is 17.9 Å². The molecule has 1 amide bonds. The van der Waals surface area contributed by atoms with E-state index in [1.807, 2.05) is 9.62 Å². The van der Waals surface area contributed by atoms with E-state index >= 15 is 0 Å². The van der Waals surface area contributed by atoms with Crippen molar-refractivity contribution in [3.63, 3.8) is 0 Å². The van der Waals surface area contributed by atoms with E-state index in [0.717, 1.165) is 22.9 Å². The summed E-state index contributed by atoms with van der Waals surface area (Å²) in [7, 11) is -3.13. The van der Waals surface area contributed by atoms with Crippen LogP contribution in [0.5, 0.6) is 0 Å². The Hall–Kier alpha value is -3.12. The lowest BCUT2D eigenvalue weighted by atomic mass is 10.0. The second-order valence-corrected chi connectivity index (χ2v) is 11.0. The van der Waals surface area contributed by atoms with Crippen molar-refractivity contribution in [1.82, 2.24) is 18.4 Å². The molecule has 8 nitrogen and oxygen atoms in total. The Labute approximate surface area is 201 Å². The third-order valence-electron chi connectivity index (χ3n) is 5.85. The molecule has 3 heterocycles. The standard InChI is InChI=1S/C23H26F3N5O3S/c1-23(2,26)14-29(3)35(33,34)28-22(32)20-12-27-21-9-7-16(13-31(20)21)30-10-4-5-19(30)17-11-15(24)6-8-18(17)25/h6-9,11-13,19H,4-5,10,14H2,1-3H3,(H,28,32). The number of amides is 1. The number of carbonyl (C=O) groups is 1. The van der Waals surface area contributed by atoms with Gasteiger partial charge >= 0.3 is 10.2 Å². The number of benzene rings is 1. The number of pyridine rings is 1. The summed E-state index contributed by atoms with van der Waals surface area (Å²) in [4.78, 5) is 18.9. The summed E-state index contributed by atoms with van der Waals surface area (Å²) in [6, 6.07) is 6.36. The number of hydrogen-bond acceptors (Lipinski definition) is 5. The van der Waals surface area contributed by atoms with Crippen molar-refractivity contribution >= 4 is 27.5 Å². The maximum atomic E-state index is 14.5. The average Bonchev–Trinajstić information content (AvgIpc) is 3.40. The van der Waals surface area contributed by atoms with Gasteiger partial charge in [-0.25, -0.2) is 22.9 Å². The number of carbonyl (C=O) groups excluding carboxylic acids is 1. The Kier molecular flexibility index (Phi) is 6.54. The van der Waals surface area contributed by atoms with Crippen LogP contribution >= 0.6 is 0 Å². The minimum atomic E-state index is -4.30. The lowest BCUT2D eigenvalue weighted by Gasteiger charge is -2.27. The Morgan fingerprint density at radius 2 is 2.00 bits per heavy atom. The van der Waals surface area contributed by atoms with E-state index in [4.69, 9.17) is 0 Å². The van der Waals surface area contributed by atoms with Gasteiger partial charge in [0.2, 0.25) is 0 Å². The van der Waals surface area contributed by atoms with Crippen molar-refractivity contribution in [2.24, 2.45) is 0 Å². The number of alkyl halides is 1. The summed E-state index contributed by atoms with van der Waals surface area (Å²) >= 11 is 0. The summed E-state index contributed by atoms with van der Waals surface area (Å²) < 4.78 is 71.3. The van der Waals surface area contributed by atoms with E-state index in [-0.39, 0.29) is 11.3 Å². The van der Waals surface area contributed by atoms with Gasteiger partial charge in [-0.15, -0.1) is 0 Å². The van der Waals surface area contributed by atoms with Gasteiger partial charge in [0.25, 0.3) is 5.91 Å². The average molecular weight is 510 g/mol. The zero-order valence-electron chi connectivity index (χ0n) is 19.5. The van der Waals surface area contributed by atoms with Gasteiger partial charge in [-0.2, -0.15) is 12.7 Å². The number of aromatic nitrogens is 2. The van der Waals surface area contributed by atoms with Crippen LogP contribution in [-0.2, 0) is 10.2 Å². The Morgan fingerprint density at radius 3 is 2.71 bits per heavy atom. The first-order valence-electron chi connectivity index (χ1n) is 11.0. The van der Waals surface area contributed by atoms with Crippen LogP contribution in [0.3, 0.4) is 0 Å². The molecule has 1 N–H and O–H groups in total. The molecule has 0 bridgehead atoms. The monoisotopic (exact) mass is 509 g/mol. The molecule has 1 aromatic carbocycles. The third-order valence-corrected chi connectivity index (χ3v) is 7.25. The minimum absolute atomic E-state index is 0.0500. The summed E-state index contributed by atoms with van der Waals surface area (Å²) in [5.74, 6) is -1.97. The number of fused-ring (bicyclic) bond motifs is 1. The van der Waals surface area contributed by atoms with Gasteiger partial charge in [-0.05, 0) is 57.0 Å². The number of imidazole rings is 1. The second kappa shape index (κ2) is 9.15. The van der Waals surface area contributed by atoms with E-state index in [9.17, 15) is 26.4 Å². The van der Waals surface area contributed by atoms with Gasteiger partial charge in [-0.3, -0.25) is 9.20 Å². The molecular formula is C23H26F3N5O3S. The molecule has 1 saturated heterocycles. The zero-order valence-corrected chi connectivity index (χ0v) is 20.3. The fraction of sp³-hybridized carbons (Fsp3) is 0.391. The van der Waals surface area contributed by atoms with E-state index < -0.39 is 46.0 Å². The molecule has 1 fully saturated rings.